The van der Waals surface area contributed by atoms with E-state index in [4.69, 9.17) is 0 Å². The maximum Gasteiger partial charge on any atom is 0.166 e. The van der Waals surface area contributed by atoms with Crippen molar-refractivity contribution in [2.24, 2.45) is 5.92 Å². The highest BCUT2D eigenvalue weighted by molar-refractivity contribution is 5.97. The van der Waals surface area contributed by atoms with E-state index in [1.807, 2.05) is 38.1 Å². The van der Waals surface area contributed by atoms with Gasteiger partial charge in [-0.25, -0.2) is 0 Å². The van der Waals surface area contributed by atoms with Gasteiger partial charge in [-0.05, 0) is 20.0 Å². The van der Waals surface area contributed by atoms with Crippen LogP contribution in [0.4, 0.5) is 0 Å². The fraction of sp³-hybridized carbons (Fsp3) is 0.533. The fourth-order valence-electron chi connectivity index (χ4n) is 1.95. The molecule has 0 aliphatic heterocycles. The second-order valence-corrected chi connectivity index (χ2v) is 4.62. The molecule has 1 unspecified atom stereocenters. The molecule has 17 heavy (non-hydrogen) atoms. The molecular weight excluding hydrogens is 210 g/mol. The van der Waals surface area contributed by atoms with Crippen LogP contribution < -0.4 is 0 Å². The van der Waals surface area contributed by atoms with Gasteiger partial charge in [-0.1, -0.05) is 50.6 Å². The molecule has 0 fully saturated rings. The van der Waals surface area contributed by atoms with Crippen molar-refractivity contribution < 1.29 is 4.79 Å². The molecule has 0 aromatic heterocycles. The summed E-state index contributed by atoms with van der Waals surface area (Å²) in [6, 6.07) is 7.85. The number of rotatable bonds is 6. The first-order valence-electron chi connectivity index (χ1n) is 6.41. The quantitative estimate of drug-likeness (QED) is 0.703. The topological polar surface area (TPSA) is 20.3 Å². The lowest BCUT2D eigenvalue weighted by molar-refractivity contribution is 0.0898. The van der Waals surface area contributed by atoms with Gasteiger partial charge in [0.25, 0.3) is 0 Å². The first-order valence-corrected chi connectivity index (χ1v) is 6.41. The zero-order chi connectivity index (χ0) is 12.8. The van der Waals surface area contributed by atoms with Crippen LogP contribution in [-0.2, 0) is 0 Å². The van der Waals surface area contributed by atoms with E-state index in [9.17, 15) is 4.79 Å². The van der Waals surface area contributed by atoms with Crippen molar-refractivity contribution in [2.75, 3.05) is 19.6 Å². The molecule has 1 aromatic rings. The second kappa shape index (κ2) is 6.55. The normalized spacial score (nSPS) is 12.8. The summed E-state index contributed by atoms with van der Waals surface area (Å²) in [7, 11) is 0. The number of aryl methyl sites for hydroxylation is 1. The van der Waals surface area contributed by atoms with Crippen molar-refractivity contribution in [1.82, 2.24) is 4.90 Å². The van der Waals surface area contributed by atoms with Gasteiger partial charge in [0, 0.05) is 18.0 Å². The van der Waals surface area contributed by atoms with E-state index >= 15 is 0 Å². The molecule has 0 saturated carbocycles. The molecular formula is C15H23NO. The predicted octanol–water partition coefficient (Wildman–Crippen LogP) is 3.16. The molecule has 0 spiro atoms. The first-order chi connectivity index (χ1) is 8.08. The zero-order valence-corrected chi connectivity index (χ0v) is 11.4. The van der Waals surface area contributed by atoms with Crippen LogP contribution in [0.5, 0.6) is 0 Å². The summed E-state index contributed by atoms with van der Waals surface area (Å²) in [5.41, 5.74) is 2.02. The molecule has 1 rings (SSSR count). The predicted molar refractivity (Wildman–Crippen MR) is 72.5 cm³/mol. The van der Waals surface area contributed by atoms with Crippen LogP contribution in [0.3, 0.4) is 0 Å². The summed E-state index contributed by atoms with van der Waals surface area (Å²) in [6.07, 6.45) is 0. The molecule has 2 heteroatoms. The van der Waals surface area contributed by atoms with Crippen molar-refractivity contribution in [3.8, 4) is 0 Å². The van der Waals surface area contributed by atoms with E-state index in [1.54, 1.807) is 0 Å². The summed E-state index contributed by atoms with van der Waals surface area (Å²) in [4.78, 5) is 14.5. The van der Waals surface area contributed by atoms with Crippen LogP contribution in [0.2, 0.25) is 0 Å². The molecule has 0 bridgehead atoms. The van der Waals surface area contributed by atoms with Crippen molar-refractivity contribution in [1.29, 1.82) is 0 Å². The molecule has 0 saturated heterocycles. The molecule has 0 radical (unpaired) electrons. The number of nitrogens with zero attached hydrogens (tertiary/aromatic N) is 1. The Hall–Kier alpha value is -1.15. The maximum atomic E-state index is 12.2. The highest BCUT2D eigenvalue weighted by Gasteiger charge is 2.17. The number of hydrogen-bond donors (Lipinski definition) is 0. The third-order valence-corrected chi connectivity index (χ3v) is 3.21. The molecule has 0 aliphatic rings. The van der Waals surface area contributed by atoms with Crippen molar-refractivity contribution in [2.45, 2.75) is 27.7 Å². The Balaban J connectivity index is 2.66. The summed E-state index contributed by atoms with van der Waals surface area (Å²) in [5, 5.41) is 0. The third kappa shape index (κ3) is 3.97. The number of Topliss-reactive ketones (excluding diaryl/α,β-unsaturated/α-hetero) is 1. The van der Waals surface area contributed by atoms with E-state index in [1.165, 1.54) is 5.56 Å². The molecule has 1 atom stereocenters. The number of hydrogen-bond acceptors (Lipinski definition) is 2. The van der Waals surface area contributed by atoms with E-state index in [0.717, 1.165) is 25.2 Å². The van der Waals surface area contributed by atoms with Crippen molar-refractivity contribution in [3.05, 3.63) is 35.4 Å². The fourth-order valence-corrected chi connectivity index (χ4v) is 1.95. The van der Waals surface area contributed by atoms with Crippen LogP contribution in [0.1, 0.15) is 36.7 Å². The molecule has 2 nitrogen and oxygen atoms in total. The zero-order valence-electron chi connectivity index (χ0n) is 11.4. The van der Waals surface area contributed by atoms with Crippen LogP contribution >= 0.6 is 0 Å². The lowest BCUT2D eigenvalue weighted by atomic mass is 9.98. The van der Waals surface area contributed by atoms with Gasteiger partial charge in [-0.2, -0.15) is 0 Å². The molecule has 0 N–H and O–H groups in total. The number of carbonyl (C=O) groups excluding carboxylic acids is 1. The van der Waals surface area contributed by atoms with Gasteiger partial charge in [0.05, 0.1) is 0 Å². The molecule has 0 amide bonds. The number of carbonyl (C=O) groups is 1. The number of ketones is 1. The smallest absolute Gasteiger partial charge is 0.166 e. The summed E-state index contributed by atoms with van der Waals surface area (Å²) < 4.78 is 0. The Morgan fingerprint density at radius 2 is 1.71 bits per heavy atom. The Kier molecular flexibility index (Phi) is 5.36. The molecule has 0 heterocycles. The summed E-state index contributed by atoms with van der Waals surface area (Å²) in [6.45, 7) is 11.2. The van der Waals surface area contributed by atoms with Crippen molar-refractivity contribution in [3.63, 3.8) is 0 Å². The molecule has 94 valence electrons. The Labute approximate surface area is 105 Å². The minimum absolute atomic E-state index is 0.0672. The van der Waals surface area contributed by atoms with E-state index in [2.05, 4.69) is 18.7 Å². The van der Waals surface area contributed by atoms with Gasteiger partial charge in [0.15, 0.2) is 5.78 Å². The van der Waals surface area contributed by atoms with Gasteiger partial charge in [0.2, 0.25) is 0 Å². The lowest BCUT2D eigenvalue weighted by Crippen LogP contribution is -2.31. The Morgan fingerprint density at radius 3 is 2.18 bits per heavy atom. The monoisotopic (exact) mass is 233 g/mol. The summed E-state index contributed by atoms with van der Waals surface area (Å²) >= 11 is 0. The van der Waals surface area contributed by atoms with Crippen LogP contribution in [0.25, 0.3) is 0 Å². The van der Waals surface area contributed by atoms with E-state index in [-0.39, 0.29) is 11.7 Å². The average molecular weight is 233 g/mol. The highest BCUT2D eigenvalue weighted by Crippen LogP contribution is 2.11. The Bertz CT molecular complexity index is 352. The first kappa shape index (κ1) is 13.9. The maximum absolute atomic E-state index is 12.2. The van der Waals surface area contributed by atoms with Gasteiger partial charge in [0.1, 0.15) is 0 Å². The van der Waals surface area contributed by atoms with Crippen LogP contribution in [0, 0.1) is 12.8 Å². The Morgan fingerprint density at radius 1 is 1.18 bits per heavy atom. The summed E-state index contributed by atoms with van der Waals surface area (Å²) in [5.74, 6) is 0.314. The minimum atomic E-state index is 0.0672. The van der Waals surface area contributed by atoms with Crippen LogP contribution in [-0.4, -0.2) is 30.3 Å². The standard InChI is InChI=1S/C15H23NO/c1-5-16(6-2)11-13(4)15(17)14-9-7-12(3)8-10-14/h7-10,13H,5-6,11H2,1-4H3. The van der Waals surface area contributed by atoms with E-state index in [0.29, 0.717) is 0 Å². The van der Waals surface area contributed by atoms with Gasteiger partial charge < -0.3 is 4.90 Å². The van der Waals surface area contributed by atoms with Crippen LogP contribution in [0.15, 0.2) is 24.3 Å². The van der Waals surface area contributed by atoms with E-state index < -0.39 is 0 Å². The SMILES string of the molecule is CCN(CC)CC(C)C(=O)c1ccc(C)cc1. The average Bonchev–Trinajstić information content (AvgIpc) is 2.35. The van der Waals surface area contributed by atoms with Gasteiger partial charge in [-0.3, -0.25) is 4.79 Å². The largest absolute Gasteiger partial charge is 0.303 e. The highest BCUT2D eigenvalue weighted by atomic mass is 16.1. The third-order valence-electron chi connectivity index (χ3n) is 3.21. The van der Waals surface area contributed by atoms with Gasteiger partial charge >= 0.3 is 0 Å². The minimum Gasteiger partial charge on any atom is -0.303 e. The molecule has 1 aromatic carbocycles. The number of benzene rings is 1. The molecule has 0 aliphatic carbocycles. The van der Waals surface area contributed by atoms with Crippen molar-refractivity contribution >= 4 is 5.78 Å². The van der Waals surface area contributed by atoms with Gasteiger partial charge in [-0.15, -0.1) is 0 Å². The lowest BCUT2D eigenvalue weighted by Gasteiger charge is -2.21. The second-order valence-electron chi connectivity index (χ2n) is 4.62.